The highest BCUT2D eigenvalue weighted by Gasteiger charge is 2.15. The summed E-state index contributed by atoms with van der Waals surface area (Å²) in [5.41, 5.74) is 1.87. The number of benzene rings is 1. The third-order valence-corrected chi connectivity index (χ3v) is 3.71. The minimum absolute atomic E-state index is 0.0672. The van der Waals surface area contributed by atoms with Crippen LogP contribution in [-0.2, 0) is 17.9 Å². The molecule has 2 aromatic heterocycles. The summed E-state index contributed by atoms with van der Waals surface area (Å²) in [6.07, 6.45) is 3.27. The molecule has 0 atom stereocenters. The van der Waals surface area contributed by atoms with Crippen molar-refractivity contribution in [2.45, 2.75) is 20.0 Å². The summed E-state index contributed by atoms with van der Waals surface area (Å²) in [7, 11) is 0. The molecule has 24 heavy (non-hydrogen) atoms. The van der Waals surface area contributed by atoms with E-state index >= 15 is 0 Å². The van der Waals surface area contributed by atoms with Gasteiger partial charge in [-0.2, -0.15) is 0 Å². The molecule has 0 aliphatic rings. The molecule has 0 unspecified atom stereocenters. The molecule has 0 spiro atoms. The minimum atomic E-state index is -0.0672. The first-order valence-electron chi connectivity index (χ1n) is 7.83. The lowest BCUT2D eigenvalue weighted by atomic mass is 10.2. The van der Waals surface area contributed by atoms with Crippen molar-refractivity contribution in [3.8, 4) is 0 Å². The highest BCUT2D eigenvalue weighted by atomic mass is 16.3. The average molecular weight is 324 g/mol. The van der Waals surface area contributed by atoms with E-state index in [1.54, 1.807) is 12.5 Å². The van der Waals surface area contributed by atoms with E-state index in [-0.39, 0.29) is 12.5 Å². The van der Waals surface area contributed by atoms with Crippen LogP contribution in [0.15, 0.2) is 69.9 Å². The normalized spacial score (nSPS) is 10.9. The van der Waals surface area contributed by atoms with Crippen molar-refractivity contribution in [2.75, 3.05) is 11.9 Å². The Kier molecular flexibility index (Phi) is 5.13. The number of hydrogen-bond donors (Lipinski definition) is 1. The fourth-order valence-corrected chi connectivity index (χ4v) is 2.52. The van der Waals surface area contributed by atoms with Crippen LogP contribution in [0.3, 0.4) is 0 Å². The average Bonchev–Trinajstić information content (AvgIpc) is 3.23. The van der Waals surface area contributed by atoms with Crippen LogP contribution in [0.4, 0.5) is 5.69 Å². The number of furan rings is 2. The summed E-state index contributed by atoms with van der Waals surface area (Å²) in [6, 6.07) is 15.2. The van der Waals surface area contributed by atoms with E-state index in [1.807, 2.05) is 60.4 Å². The number of para-hydroxylation sites is 1. The summed E-state index contributed by atoms with van der Waals surface area (Å²) in [6.45, 7) is 3.29. The number of amides is 1. The van der Waals surface area contributed by atoms with Gasteiger partial charge in [0.05, 0.1) is 32.2 Å². The largest absolute Gasteiger partial charge is 0.468 e. The Balaban J connectivity index is 1.66. The van der Waals surface area contributed by atoms with Gasteiger partial charge in [-0.1, -0.05) is 18.2 Å². The molecule has 5 heteroatoms. The van der Waals surface area contributed by atoms with Gasteiger partial charge in [0.15, 0.2) is 0 Å². The van der Waals surface area contributed by atoms with Crippen molar-refractivity contribution < 1.29 is 13.6 Å². The van der Waals surface area contributed by atoms with Crippen molar-refractivity contribution in [1.29, 1.82) is 0 Å². The number of carbonyl (C=O) groups is 1. The van der Waals surface area contributed by atoms with E-state index in [9.17, 15) is 4.79 Å². The molecule has 0 aliphatic carbocycles. The van der Waals surface area contributed by atoms with Crippen LogP contribution in [-0.4, -0.2) is 17.4 Å². The third-order valence-electron chi connectivity index (χ3n) is 3.71. The molecule has 3 rings (SSSR count). The van der Waals surface area contributed by atoms with Crippen LogP contribution in [0, 0.1) is 6.92 Å². The van der Waals surface area contributed by atoms with Gasteiger partial charge in [0.1, 0.15) is 11.5 Å². The van der Waals surface area contributed by atoms with E-state index in [0.717, 1.165) is 22.8 Å². The lowest BCUT2D eigenvalue weighted by molar-refractivity contribution is -0.117. The van der Waals surface area contributed by atoms with Crippen molar-refractivity contribution in [1.82, 2.24) is 4.90 Å². The highest BCUT2D eigenvalue weighted by Crippen LogP contribution is 2.14. The van der Waals surface area contributed by atoms with Gasteiger partial charge < -0.3 is 14.2 Å². The number of aryl methyl sites for hydroxylation is 1. The highest BCUT2D eigenvalue weighted by molar-refractivity contribution is 5.92. The van der Waals surface area contributed by atoms with Crippen LogP contribution < -0.4 is 5.32 Å². The monoisotopic (exact) mass is 324 g/mol. The maximum absolute atomic E-state index is 12.4. The summed E-state index contributed by atoms with van der Waals surface area (Å²) < 4.78 is 10.8. The van der Waals surface area contributed by atoms with Crippen molar-refractivity contribution in [3.05, 3.63) is 78.1 Å². The summed E-state index contributed by atoms with van der Waals surface area (Å²) in [5.74, 6) is 1.55. The van der Waals surface area contributed by atoms with Crippen LogP contribution in [0.5, 0.6) is 0 Å². The Labute approximate surface area is 140 Å². The standard InChI is InChI=1S/C19H20N2O3/c1-15-6-2-3-9-18(15)20-19(22)14-21(12-16-7-4-10-23-16)13-17-8-5-11-24-17/h2-11H,12-14H2,1H3,(H,20,22). The predicted octanol–water partition coefficient (Wildman–Crippen LogP) is 3.82. The second-order valence-corrected chi connectivity index (χ2v) is 5.67. The fourth-order valence-electron chi connectivity index (χ4n) is 2.52. The molecule has 0 bridgehead atoms. The van der Waals surface area contributed by atoms with Crippen molar-refractivity contribution >= 4 is 11.6 Å². The third kappa shape index (κ3) is 4.36. The van der Waals surface area contributed by atoms with Gasteiger partial charge in [0, 0.05) is 5.69 Å². The van der Waals surface area contributed by atoms with Gasteiger partial charge >= 0.3 is 0 Å². The minimum Gasteiger partial charge on any atom is -0.468 e. The molecule has 124 valence electrons. The lowest BCUT2D eigenvalue weighted by Gasteiger charge is -2.20. The second-order valence-electron chi connectivity index (χ2n) is 5.67. The Hall–Kier alpha value is -2.79. The Morgan fingerprint density at radius 2 is 1.58 bits per heavy atom. The van der Waals surface area contributed by atoms with E-state index in [2.05, 4.69) is 5.32 Å². The van der Waals surface area contributed by atoms with Gasteiger partial charge in [0.25, 0.3) is 0 Å². The zero-order valence-corrected chi connectivity index (χ0v) is 13.6. The molecule has 0 aliphatic heterocycles. The zero-order valence-electron chi connectivity index (χ0n) is 13.6. The van der Waals surface area contributed by atoms with E-state index in [1.165, 1.54) is 0 Å². The van der Waals surface area contributed by atoms with Gasteiger partial charge in [-0.25, -0.2) is 0 Å². The first-order valence-corrected chi connectivity index (χ1v) is 7.83. The fraction of sp³-hybridized carbons (Fsp3) is 0.211. The predicted molar refractivity (Wildman–Crippen MR) is 91.3 cm³/mol. The SMILES string of the molecule is Cc1ccccc1NC(=O)CN(Cc1ccco1)Cc1ccco1. The van der Waals surface area contributed by atoms with E-state index in [4.69, 9.17) is 8.83 Å². The molecule has 1 N–H and O–H groups in total. The molecule has 0 radical (unpaired) electrons. The Bertz CT molecular complexity index is 728. The summed E-state index contributed by atoms with van der Waals surface area (Å²) >= 11 is 0. The smallest absolute Gasteiger partial charge is 0.238 e. The Morgan fingerprint density at radius 1 is 0.958 bits per heavy atom. The summed E-state index contributed by atoms with van der Waals surface area (Å²) in [5, 5.41) is 2.96. The Morgan fingerprint density at radius 3 is 2.12 bits per heavy atom. The van der Waals surface area contributed by atoms with E-state index in [0.29, 0.717) is 13.1 Å². The van der Waals surface area contributed by atoms with Gasteiger partial charge in [0.2, 0.25) is 5.91 Å². The van der Waals surface area contributed by atoms with Crippen LogP contribution in [0.2, 0.25) is 0 Å². The number of carbonyl (C=O) groups excluding carboxylic acids is 1. The molecule has 2 heterocycles. The molecule has 1 amide bonds. The summed E-state index contributed by atoms with van der Waals surface area (Å²) in [4.78, 5) is 14.4. The molecule has 0 saturated carbocycles. The molecule has 0 saturated heterocycles. The zero-order chi connectivity index (χ0) is 16.8. The molecule has 3 aromatic rings. The van der Waals surface area contributed by atoms with Crippen LogP contribution >= 0.6 is 0 Å². The van der Waals surface area contributed by atoms with Gasteiger partial charge in [-0.3, -0.25) is 9.69 Å². The molecular weight excluding hydrogens is 304 g/mol. The van der Waals surface area contributed by atoms with Gasteiger partial charge in [-0.05, 0) is 42.8 Å². The van der Waals surface area contributed by atoms with E-state index < -0.39 is 0 Å². The van der Waals surface area contributed by atoms with Crippen LogP contribution in [0.1, 0.15) is 17.1 Å². The molecule has 0 fully saturated rings. The maximum atomic E-state index is 12.4. The lowest BCUT2D eigenvalue weighted by Crippen LogP contribution is -2.32. The van der Waals surface area contributed by atoms with Crippen molar-refractivity contribution in [3.63, 3.8) is 0 Å². The maximum Gasteiger partial charge on any atom is 0.238 e. The number of nitrogens with one attached hydrogen (secondary N) is 1. The first kappa shape index (κ1) is 16.1. The molecular formula is C19H20N2O3. The molecule has 1 aromatic carbocycles. The van der Waals surface area contributed by atoms with Gasteiger partial charge in [-0.15, -0.1) is 0 Å². The second kappa shape index (κ2) is 7.66. The molecule has 5 nitrogen and oxygen atoms in total. The number of rotatable bonds is 7. The van der Waals surface area contributed by atoms with Crippen LogP contribution in [0.25, 0.3) is 0 Å². The number of nitrogens with zero attached hydrogens (tertiary/aromatic N) is 1. The number of hydrogen-bond acceptors (Lipinski definition) is 4. The topological polar surface area (TPSA) is 58.6 Å². The first-order chi connectivity index (χ1) is 11.7. The quantitative estimate of drug-likeness (QED) is 0.718. The number of anilines is 1. The van der Waals surface area contributed by atoms with Crippen molar-refractivity contribution in [2.24, 2.45) is 0 Å².